The molecule has 6 nitrogen and oxygen atoms in total. The van der Waals surface area contributed by atoms with Crippen molar-refractivity contribution >= 4 is 5.91 Å². The molecule has 0 unspecified atom stereocenters. The van der Waals surface area contributed by atoms with Crippen LogP contribution in [0, 0.1) is 6.92 Å². The summed E-state index contributed by atoms with van der Waals surface area (Å²) in [6, 6.07) is 6.63. The third-order valence-corrected chi connectivity index (χ3v) is 4.51. The van der Waals surface area contributed by atoms with Gasteiger partial charge in [-0.3, -0.25) is 4.79 Å². The molecule has 6 heteroatoms. The molecule has 1 atom stereocenters. The van der Waals surface area contributed by atoms with E-state index in [1.54, 1.807) is 4.68 Å². The number of benzene rings is 1. The molecule has 0 fully saturated rings. The van der Waals surface area contributed by atoms with Crippen LogP contribution in [-0.2, 0) is 24.2 Å². The van der Waals surface area contributed by atoms with E-state index in [1.807, 2.05) is 13.8 Å². The summed E-state index contributed by atoms with van der Waals surface area (Å²) < 4.78 is 1.64. The third kappa shape index (κ3) is 3.75. The summed E-state index contributed by atoms with van der Waals surface area (Å²) in [6.45, 7) is 4.36. The van der Waals surface area contributed by atoms with E-state index in [-0.39, 0.29) is 11.9 Å². The number of aryl methyl sites for hydroxylation is 4. The van der Waals surface area contributed by atoms with Gasteiger partial charge in [-0.05, 0) is 66.6 Å². The first kappa shape index (κ1) is 15.6. The summed E-state index contributed by atoms with van der Waals surface area (Å²) in [7, 11) is 0. The highest BCUT2D eigenvalue weighted by Gasteiger charge is 2.14. The van der Waals surface area contributed by atoms with Crippen LogP contribution in [0.1, 0.15) is 54.7 Å². The number of tetrazole rings is 1. The van der Waals surface area contributed by atoms with Crippen molar-refractivity contribution in [3.63, 3.8) is 0 Å². The quantitative estimate of drug-likeness (QED) is 0.918. The minimum atomic E-state index is 0.0182. The van der Waals surface area contributed by atoms with E-state index in [2.05, 4.69) is 39.0 Å². The van der Waals surface area contributed by atoms with Crippen LogP contribution in [0.25, 0.3) is 0 Å². The molecule has 0 bridgehead atoms. The fourth-order valence-electron chi connectivity index (χ4n) is 3.08. The number of carbonyl (C=O) groups excluding carboxylic acids is 1. The second kappa shape index (κ2) is 6.89. The van der Waals surface area contributed by atoms with Gasteiger partial charge in [-0.2, -0.15) is 0 Å². The van der Waals surface area contributed by atoms with Crippen molar-refractivity contribution < 1.29 is 4.79 Å². The fourth-order valence-corrected chi connectivity index (χ4v) is 3.08. The number of rotatable bonds is 5. The molecule has 1 N–H and O–H groups in total. The molecule has 2 aromatic rings. The van der Waals surface area contributed by atoms with Crippen LogP contribution in [0.15, 0.2) is 18.2 Å². The van der Waals surface area contributed by atoms with Crippen LogP contribution in [0.3, 0.4) is 0 Å². The maximum Gasteiger partial charge on any atom is 0.222 e. The van der Waals surface area contributed by atoms with Gasteiger partial charge >= 0.3 is 0 Å². The molecule has 1 amide bonds. The maximum atomic E-state index is 12.1. The Morgan fingerprint density at radius 2 is 2.09 bits per heavy atom. The second-order valence-electron chi connectivity index (χ2n) is 6.22. The Kier molecular flexibility index (Phi) is 4.69. The van der Waals surface area contributed by atoms with Crippen LogP contribution in [0.2, 0.25) is 0 Å². The van der Waals surface area contributed by atoms with Crippen LogP contribution >= 0.6 is 0 Å². The first-order valence-corrected chi connectivity index (χ1v) is 8.27. The second-order valence-corrected chi connectivity index (χ2v) is 6.22. The number of hydrogen-bond donors (Lipinski definition) is 1. The Labute approximate surface area is 136 Å². The molecule has 0 saturated heterocycles. The van der Waals surface area contributed by atoms with Gasteiger partial charge in [0.1, 0.15) is 5.82 Å². The Morgan fingerprint density at radius 1 is 1.30 bits per heavy atom. The Bertz CT molecular complexity index is 694. The largest absolute Gasteiger partial charge is 0.350 e. The van der Waals surface area contributed by atoms with E-state index < -0.39 is 0 Å². The van der Waals surface area contributed by atoms with Gasteiger partial charge < -0.3 is 5.32 Å². The summed E-state index contributed by atoms with van der Waals surface area (Å²) >= 11 is 0. The van der Waals surface area contributed by atoms with Gasteiger partial charge in [-0.25, -0.2) is 4.68 Å². The molecule has 1 aliphatic carbocycles. The number of nitrogens with one attached hydrogen (secondary N) is 1. The number of aromatic nitrogens is 4. The van der Waals surface area contributed by atoms with Crippen molar-refractivity contribution in [2.24, 2.45) is 0 Å². The zero-order valence-corrected chi connectivity index (χ0v) is 13.7. The summed E-state index contributed by atoms with van der Waals surface area (Å²) in [5.74, 6) is 0.741. The van der Waals surface area contributed by atoms with E-state index in [0.29, 0.717) is 13.0 Å². The van der Waals surface area contributed by atoms with Crippen molar-refractivity contribution in [2.75, 3.05) is 0 Å². The monoisotopic (exact) mass is 313 g/mol. The van der Waals surface area contributed by atoms with Gasteiger partial charge in [0.2, 0.25) is 5.91 Å². The van der Waals surface area contributed by atoms with Crippen molar-refractivity contribution in [2.45, 2.75) is 58.5 Å². The lowest BCUT2D eigenvalue weighted by atomic mass is 9.89. The number of fused-ring (bicyclic) bond motifs is 1. The molecule has 23 heavy (non-hydrogen) atoms. The van der Waals surface area contributed by atoms with Crippen molar-refractivity contribution in [3.05, 3.63) is 40.7 Å². The predicted molar refractivity (Wildman–Crippen MR) is 86.8 cm³/mol. The highest BCUT2D eigenvalue weighted by molar-refractivity contribution is 5.76. The average Bonchev–Trinajstić information content (AvgIpc) is 2.97. The zero-order valence-electron chi connectivity index (χ0n) is 13.7. The number of carbonyl (C=O) groups is 1. The first-order chi connectivity index (χ1) is 11.1. The lowest BCUT2D eigenvalue weighted by Gasteiger charge is -2.20. The first-order valence-electron chi connectivity index (χ1n) is 8.27. The van der Waals surface area contributed by atoms with Crippen molar-refractivity contribution in [1.82, 2.24) is 25.5 Å². The summed E-state index contributed by atoms with van der Waals surface area (Å²) in [5.41, 5.74) is 4.09. The summed E-state index contributed by atoms with van der Waals surface area (Å²) in [4.78, 5) is 12.1. The zero-order chi connectivity index (χ0) is 16.2. The molecular weight excluding hydrogens is 290 g/mol. The molecule has 1 heterocycles. The maximum absolute atomic E-state index is 12.1. The highest BCUT2D eigenvalue weighted by Crippen LogP contribution is 2.24. The van der Waals surface area contributed by atoms with Crippen LogP contribution in [0.5, 0.6) is 0 Å². The molecule has 1 aliphatic rings. The molecule has 0 aliphatic heterocycles. The SMILES string of the molecule is Cc1nnnn1CCC(=O)N[C@@H](C)c1ccc2c(c1)CCCC2. The van der Waals surface area contributed by atoms with Gasteiger partial charge in [0.05, 0.1) is 12.6 Å². The number of hydrogen-bond acceptors (Lipinski definition) is 4. The Balaban J connectivity index is 1.57. The topological polar surface area (TPSA) is 72.7 Å². The van der Waals surface area contributed by atoms with Crippen molar-refractivity contribution in [1.29, 1.82) is 0 Å². The summed E-state index contributed by atoms with van der Waals surface area (Å²) in [6.07, 6.45) is 5.27. The smallest absolute Gasteiger partial charge is 0.222 e. The predicted octanol–water partition coefficient (Wildman–Crippen LogP) is 2.13. The third-order valence-electron chi connectivity index (χ3n) is 4.51. The molecule has 1 aromatic heterocycles. The van der Waals surface area contributed by atoms with E-state index in [1.165, 1.54) is 36.0 Å². The van der Waals surface area contributed by atoms with Crippen molar-refractivity contribution in [3.8, 4) is 0 Å². The van der Waals surface area contributed by atoms with Gasteiger partial charge in [0.15, 0.2) is 0 Å². The minimum absolute atomic E-state index is 0.0182. The Morgan fingerprint density at radius 3 is 2.83 bits per heavy atom. The normalized spacial score (nSPS) is 15.0. The molecule has 122 valence electrons. The van der Waals surface area contributed by atoms with Crippen LogP contribution < -0.4 is 5.32 Å². The molecular formula is C17H23N5O. The molecule has 3 rings (SSSR count). The standard InChI is InChI=1S/C17H23N5O/c1-12(15-8-7-14-5-3-4-6-16(14)11-15)18-17(23)9-10-22-13(2)19-20-21-22/h7-8,11-12H,3-6,9-10H2,1-2H3,(H,18,23)/t12-/m0/s1. The van der Waals surface area contributed by atoms with Gasteiger partial charge in [0.25, 0.3) is 0 Å². The lowest BCUT2D eigenvalue weighted by molar-refractivity contribution is -0.122. The van der Waals surface area contributed by atoms with Gasteiger partial charge in [-0.15, -0.1) is 5.10 Å². The van der Waals surface area contributed by atoms with E-state index in [0.717, 1.165) is 12.2 Å². The van der Waals surface area contributed by atoms with Gasteiger partial charge in [0, 0.05) is 6.42 Å². The highest BCUT2D eigenvalue weighted by atomic mass is 16.1. The van der Waals surface area contributed by atoms with E-state index in [9.17, 15) is 4.79 Å². The molecule has 0 saturated carbocycles. The average molecular weight is 313 g/mol. The lowest BCUT2D eigenvalue weighted by Crippen LogP contribution is -2.28. The van der Waals surface area contributed by atoms with E-state index >= 15 is 0 Å². The number of amides is 1. The molecule has 0 spiro atoms. The minimum Gasteiger partial charge on any atom is -0.350 e. The number of nitrogens with zero attached hydrogens (tertiary/aromatic N) is 4. The summed E-state index contributed by atoms with van der Waals surface area (Å²) in [5, 5.41) is 14.3. The van der Waals surface area contributed by atoms with Crippen LogP contribution in [0.4, 0.5) is 0 Å². The molecule has 1 aromatic carbocycles. The fraction of sp³-hybridized carbons (Fsp3) is 0.529. The van der Waals surface area contributed by atoms with Crippen LogP contribution in [-0.4, -0.2) is 26.1 Å². The van der Waals surface area contributed by atoms with Gasteiger partial charge in [-0.1, -0.05) is 18.2 Å². The molecule has 0 radical (unpaired) electrons. The van der Waals surface area contributed by atoms with E-state index in [4.69, 9.17) is 0 Å². The Hall–Kier alpha value is -2.24.